The van der Waals surface area contributed by atoms with Gasteiger partial charge in [0, 0.05) is 45.0 Å². The molecule has 0 unspecified atom stereocenters. The normalized spacial score (nSPS) is 13.6. The number of hydrogen-bond acceptors (Lipinski definition) is 4. The molecule has 0 saturated carbocycles. The van der Waals surface area contributed by atoms with Crippen molar-refractivity contribution in [1.29, 1.82) is 0 Å². The van der Waals surface area contributed by atoms with Gasteiger partial charge in [-0.1, -0.05) is 30.3 Å². The maximum Gasteiger partial charge on any atom is 0.256 e. The van der Waals surface area contributed by atoms with Crippen molar-refractivity contribution in [2.75, 3.05) is 37.6 Å². The molecular formula is C25H24F2N4O2. The molecule has 4 rings (SSSR count). The van der Waals surface area contributed by atoms with Gasteiger partial charge in [-0.15, -0.1) is 0 Å². The molecule has 0 aliphatic carbocycles. The van der Waals surface area contributed by atoms with Crippen molar-refractivity contribution in [1.82, 2.24) is 15.2 Å². The number of nitrogens with one attached hydrogen (secondary N) is 1. The number of carbonyl (C=O) groups excluding carboxylic acids is 2. The molecule has 1 aliphatic rings. The SMILES string of the molecule is O=C(NCCc1ccccc1)c1ccc(N2CCN(C(=O)c3ccc(F)cc3F)CC2)nc1. The number of nitrogens with zero attached hydrogens (tertiary/aromatic N) is 3. The van der Waals surface area contributed by atoms with Gasteiger partial charge in [-0.3, -0.25) is 9.59 Å². The highest BCUT2D eigenvalue weighted by Gasteiger charge is 2.25. The van der Waals surface area contributed by atoms with Crippen LogP contribution in [0, 0.1) is 11.6 Å². The highest BCUT2D eigenvalue weighted by molar-refractivity contribution is 5.95. The molecule has 2 amide bonds. The van der Waals surface area contributed by atoms with E-state index in [-0.39, 0.29) is 11.5 Å². The van der Waals surface area contributed by atoms with Crippen molar-refractivity contribution in [2.24, 2.45) is 0 Å². The summed E-state index contributed by atoms with van der Waals surface area (Å²) in [6.07, 6.45) is 2.29. The molecular weight excluding hydrogens is 426 g/mol. The third kappa shape index (κ3) is 5.52. The van der Waals surface area contributed by atoms with Crippen LogP contribution in [0.5, 0.6) is 0 Å². The number of hydrogen-bond donors (Lipinski definition) is 1. The van der Waals surface area contributed by atoms with Crippen molar-refractivity contribution >= 4 is 17.6 Å². The third-order valence-corrected chi connectivity index (χ3v) is 5.60. The smallest absolute Gasteiger partial charge is 0.256 e. The van der Waals surface area contributed by atoms with E-state index in [1.807, 2.05) is 35.2 Å². The van der Waals surface area contributed by atoms with Crippen LogP contribution in [0.2, 0.25) is 0 Å². The molecule has 33 heavy (non-hydrogen) atoms. The molecule has 1 N–H and O–H groups in total. The molecule has 1 saturated heterocycles. The summed E-state index contributed by atoms with van der Waals surface area (Å²) in [6, 6.07) is 16.4. The number of amides is 2. The highest BCUT2D eigenvalue weighted by Crippen LogP contribution is 2.17. The van der Waals surface area contributed by atoms with E-state index in [1.54, 1.807) is 23.2 Å². The van der Waals surface area contributed by atoms with Gasteiger partial charge in [-0.25, -0.2) is 13.8 Å². The standard InChI is InChI=1S/C25H24F2N4O2/c26-20-7-8-21(22(27)16-20)25(33)31-14-12-30(13-15-31)23-9-6-19(17-29-23)24(32)28-11-10-18-4-2-1-3-5-18/h1-9,16-17H,10-15H2,(H,28,32). The summed E-state index contributed by atoms with van der Waals surface area (Å²) in [7, 11) is 0. The Morgan fingerprint density at radius 1 is 0.939 bits per heavy atom. The minimum atomic E-state index is -0.860. The molecule has 1 aromatic heterocycles. The Labute approximate surface area is 190 Å². The molecule has 0 radical (unpaired) electrons. The number of carbonyl (C=O) groups is 2. The van der Waals surface area contributed by atoms with Gasteiger partial charge in [0.2, 0.25) is 0 Å². The van der Waals surface area contributed by atoms with Crippen LogP contribution in [0.4, 0.5) is 14.6 Å². The van der Waals surface area contributed by atoms with E-state index in [2.05, 4.69) is 10.3 Å². The van der Waals surface area contributed by atoms with Crippen molar-refractivity contribution in [2.45, 2.75) is 6.42 Å². The Hall–Kier alpha value is -3.81. The zero-order valence-electron chi connectivity index (χ0n) is 18.0. The number of pyridine rings is 1. The Bertz CT molecular complexity index is 1120. The van der Waals surface area contributed by atoms with E-state index in [4.69, 9.17) is 0 Å². The molecule has 2 aromatic carbocycles. The average molecular weight is 450 g/mol. The van der Waals surface area contributed by atoms with Gasteiger partial charge >= 0.3 is 0 Å². The molecule has 6 nitrogen and oxygen atoms in total. The first-order valence-corrected chi connectivity index (χ1v) is 10.8. The summed E-state index contributed by atoms with van der Waals surface area (Å²) < 4.78 is 27.0. The van der Waals surface area contributed by atoms with Crippen LogP contribution in [-0.4, -0.2) is 54.4 Å². The fourth-order valence-corrected chi connectivity index (χ4v) is 3.75. The second kappa shape index (κ2) is 10.2. The fourth-order valence-electron chi connectivity index (χ4n) is 3.75. The van der Waals surface area contributed by atoms with E-state index in [9.17, 15) is 18.4 Å². The van der Waals surface area contributed by atoms with Crippen molar-refractivity contribution in [3.8, 4) is 0 Å². The lowest BCUT2D eigenvalue weighted by atomic mass is 10.1. The largest absolute Gasteiger partial charge is 0.353 e. The van der Waals surface area contributed by atoms with Crippen molar-refractivity contribution in [3.05, 3.63) is 95.2 Å². The van der Waals surface area contributed by atoms with Crippen LogP contribution < -0.4 is 10.2 Å². The van der Waals surface area contributed by atoms with Gasteiger partial charge in [0.1, 0.15) is 17.5 Å². The maximum absolute atomic E-state index is 13.9. The quantitative estimate of drug-likeness (QED) is 0.626. The first-order valence-electron chi connectivity index (χ1n) is 10.8. The molecule has 0 atom stereocenters. The van der Waals surface area contributed by atoms with Crippen LogP contribution in [0.15, 0.2) is 66.9 Å². The van der Waals surface area contributed by atoms with E-state index in [1.165, 1.54) is 6.07 Å². The average Bonchev–Trinajstić information content (AvgIpc) is 2.84. The Kier molecular flexibility index (Phi) is 6.92. The van der Waals surface area contributed by atoms with Gasteiger partial charge in [-0.2, -0.15) is 0 Å². The van der Waals surface area contributed by atoms with Gasteiger partial charge < -0.3 is 15.1 Å². The molecule has 1 fully saturated rings. The van der Waals surface area contributed by atoms with Crippen molar-refractivity contribution in [3.63, 3.8) is 0 Å². The first kappa shape index (κ1) is 22.4. The molecule has 2 heterocycles. The lowest BCUT2D eigenvalue weighted by Gasteiger charge is -2.35. The Balaban J connectivity index is 1.28. The van der Waals surface area contributed by atoms with E-state index >= 15 is 0 Å². The molecule has 1 aliphatic heterocycles. The number of anilines is 1. The number of benzene rings is 2. The van der Waals surface area contributed by atoms with Crippen molar-refractivity contribution < 1.29 is 18.4 Å². The minimum Gasteiger partial charge on any atom is -0.353 e. The number of rotatable bonds is 6. The zero-order chi connectivity index (χ0) is 23.2. The summed E-state index contributed by atoms with van der Waals surface area (Å²) in [5.74, 6) is -1.50. The number of aromatic nitrogens is 1. The number of halogens is 2. The second-order valence-electron chi connectivity index (χ2n) is 7.80. The monoisotopic (exact) mass is 450 g/mol. The first-order chi connectivity index (χ1) is 16.0. The van der Waals surface area contributed by atoms with Gasteiger partial charge in [0.15, 0.2) is 0 Å². The van der Waals surface area contributed by atoms with Crippen LogP contribution >= 0.6 is 0 Å². The molecule has 3 aromatic rings. The zero-order valence-corrected chi connectivity index (χ0v) is 18.0. The minimum absolute atomic E-state index is 0.134. The predicted molar refractivity (Wildman–Crippen MR) is 121 cm³/mol. The van der Waals surface area contributed by atoms with Crippen LogP contribution in [-0.2, 0) is 6.42 Å². The van der Waals surface area contributed by atoms with Gasteiger partial charge in [0.05, 0.1) is 11.1 Å². The molecule has 8 heteroatoms. The summed E-state index contributed by atoms with van der Waals surface area (Å²) in [4.78, 5) is 32.9. The molecule has 170 valence electrons. The fraction of sp³-hybridized carbons (Fsp3) is 0.240. The Morgan fingerprint density at radius 3 is 2.36 bits per heavy atom. The third-order valence-electron chi connectivity index (χ3n) is 5.60. The van der Waals surface area contributed by atoms with Gasteiger partial charge in [-0.05, 0) is 36.2 Å². The topological polar surface area (TPSA) is 65.5 Å². The molecule has 0 spiro atoms. The number of piperazine rings is 1. The van der Waals surface area contributed by atoms with Crippen LogP contribution in [0.3, 0.4) is 0 Å². The van der Waals surface area contributed by atoms with Gasteiger partial charge in [0.25, 0.3) is 11.8 Å². The van der Waals surface area contributed by atoms with E-state index in [0.717, 1.165) is 18.1 Å². The van der Waals surface area contributed by atoms with Crippen LogP contribution in [0.25, 0.3) is 0 Å². The lowest BCUT2D eigenvalue weighted by molar-refractivity contribution is 0.0741. The second-order valence-corrected chi connectivity index (χ2v) is 7.80. The summed E-state index contributed by atoms with van der Waals surface area (Å²) in [6.45, 7) is 2.35. The lowest BCUT2D eigenvalue weighted by Crippen LogP contribution is -2.49. The highest BCUT2D eigenvalue weighted by atomic mass is 19.1. The molecule has 0 bridgehead atoms. The van der Waals surface area contributed by atoms with Crippen LogP contribution in [0.1, 0.15) is 26.3 Å². The summed E-state index contributed by atoms with van der Waals surface area (Å²) >= 11 is 0. The Morgan fingerprint density at radius 2 is 1.70 bits per heavy atom. The summed E-state index contributed by atoms with van der Waals surface area (Å²) in [5, 5.41) is 2.90. The maximum atomic E-state index is 13.9. The predicted octanol–water partition coefficient (Wildman–Crippen LogP) is 3.29. The van der Waals surface area contributed by atoms with E-state index < -0.39 is 17.5 Å². The summed E-state index contributed by atoms with van der Waals surface area (Å²) in [5.41, 5.74) is 1.50. The van der Waals surface area contributed by atoms with E-state index in [0.29, 0.717) is 50.2 Å².